The third kappa shape index (κ3) is 2.98. The molecule has 0 aliphatic heterocycles. The first kappa shape index (κ1) is 12.8. The lowest BCUT2D eigenvalue weighted by atomic mass is 9.98. The molecule has 0 saturated heterocycles. The molecule has 0 spiro atoms. The lowest BCUT2D eigenvalue weighted by Gasteiger charge is -2.11. The van der Waals surface area contributed by atoms with Crippen molar-refractivity contribution in [2.45, 2.75) is 33.3 Å². The lowest BCUT2D eigenvalue weighted by molar-refractivity contribution is 0.304. The van der Waals surface area contributed by atoms with Crippen LogP contribution in [0, 0.1) is 6.92 Å². The van der Waals surface area contributed by atoms with Gasteiger partial charge in [-0.2, -0.15) is 0 Å². The second kappa shape index (κ2) is 5.35. The summed E-state index contributed by atoms with van der Waals surface area (Å²) in [5, 5.41) is 8.93. The highest BCUT2D eigenvalue weighted by Crippen LogP contribution is 2.24. The lowest BCUT2D eigenvalue weighted by Crippen LogP contribution is -1.97. The van der Waals surface area contributed by atoms with Crippen LogP contribution >= 0.6 is 11.3 Å². The molecular weight excluding hydrogens is 246 g/mol. The van der Waals surface area contributed by atoms with Gasteiger partial charge in [-0.3, -0.25) is 0 Å². The number of ether oxygens (including phenoxy) is 1. The third-order valence-electron chi connectivity index (χ3n) is 2.71. The highest BCUT2D eigenvalue weighted by atomic mass is 32.1. The van der Waals surface area contributed by atoms with E-state index in [0.717, 1.165) is 10.8 Å². The number of nitrogens with zero attached hydrogens (tertiary/aromatic N) is 2. The van der Waals surface area contributed by atoms with Crippen LogP contribution in [-0.4, -0.2) is 10.2 Å². The van der Waals surface area contributed by atoms with Crippen molar-refractivity contribution in [3.63, 3.8) is 0 Å². The van der Waals surface area contributed by atoms with E-state index in [1.807, 2.05) is 6.07 Å². The maximum Gasteiger partial charge on any atom is 0.203 e. The van der Waals surface area contributed by atoms with E-state index in [9.17, 15) is 0 Å². The summed E-state index contributed by atoms with van der Waals surface area (Å²) in [6.45, 7) is 6.89. The molecule has 1 heterocycles. The van der Waals surface area contributed by atoms with Crippen LogP contribution in [0.4, 0.5) is 5.13 Å². The minimum atomic E-state index is 0.412. The maximum absolute atomic E-state index is 5.67. The number of aromatic nitrogens is 2. The van der Waals surface area contributed by atoms with Gasteiger partial charge < -0.3 is 10.5 Å². The Hall–Kier alpha value is -1.62. The summed E-state index contributed by atoms with van der Waals surface area (Å²) in [6, 6.07) is 6.16. The molecule has 0 atom stereocenters. The van der Waals surface area contributed by atoms with Crippen LogP contribution < -0.4 is 10.5 Å². The van der Waals surface area contributed by atoms with Gasteiger partial charge in [0.2, 0.25) is 5.13 Å². The number of anilines is 1. The van der Waals surface area contributed by atoms with Gasteiger partial charge in [0.15, 0.2) is 5.01 Å². The summed E-state index contributed by atoms with van der Waals surface area (Å²) >= 11 is 1.35. The van der Waals surface area contributed by atoms with Crippen molar-refractivity contribution < 1.29 is 4.74 Å². The molecule has 0 radical (unpaired) electrons. The van der Waals surface area contributed by atoms with Gasteiger partial charge in [-0.15, -0.1) is 10.2 Å². The predicted molar refractivity (Wildman–Crippen MR) is 73.9 cm³/mol. The molecule has 18 heavy (non-hydrogen) atoms. The molecule has 4 nitrogen and oxygen atoms in total. The zero-order chi connectivity index (χ0) is 13.1. The summed E-state index contributed by atoms with van der Waals surface area (Å²) in [7, 11) is 0. The Morgan fingerprint density at radius 3 is 2.67 bits per heavy atom. The molecule has 0 aliphatic carbocycles. The normalized spacial score (nSPS) is 10.9. The number of hydrogen-bond acceptors (Lipinski definition) is 5. The zero-order valence-corrected chi connectivity index (χ0v) is 11.6. The van der Waals surface area contributed by atoms with Crippen molar-refractivity contribution >= 4 is 16.5 Å². The number of hydrogen-bond donors (Lipinski definition) is 1. The molecule has 0 saturated carbocycles. The highest BCUT2D eigenvalue weighted by molar-refractivity contribution is 7.15. The first-order chi connectivity index (χ1) is 8.56. The van der Waals surface area contributed by atoms with Crippen molar-refractivity contribution in [3.8, 4) is 5.75 Å². The Balaban J connectivity index is 2.04. The van der Waals surface area contributed by atoms with Crippen LogP contribution in [0.1, 0.15) is 35.9 Å². The standard InChI is InChI=1S/C13H17N3OS/c1-8(2)11-5-4-10(6-9(11)3)17-7-12-15-16-13(14)18-12/h4-6,8H,7H2,1-3H3,(H2,14,16). The SMILES string of the molecule is Cc1cc(OCc2nnc(N)s2)ccc1C(C)C. The second-order valence-corrected chi connectivity index (χ2v) is 5.59. The Bertz CT molecular complexity index is 537. The zero-order valence-electron chi connectivity index (χ0n) is 10.8. The predicted octanol–water partition coefficient (Wildman–Crippen LogP) is 3.13. The average Bonchev–Trinajstić information content (AvgIpc) is 2.72. The summed E-state index contributed by atoms with van der Waals surface area (Å²) in [5.41, 5.74) is 8.11. The van der Waals surface area contributed by atoms with E-state index in [1.54, 1.807) is 0 Å². The van der Waals surface area contributed by atoms with Crippen LogP contribution in [0.2, 0.25) is 0 Å². The quantitative estimate of drug-likeness (QED) is 0.920. The average molecular weight is 263 g/mol. The molecule has 0 unspecified atom stereocenters. The number of rotatable bonds is 4. The fourth-order valence-electron chi connectivity index (χ4n) is 1.86. The minimum Gasteiger partial charge on any atom is -0.486 e. The van der Waals surface area contributed by atoms with Gasteiger partial charge >= 0.3 is 0 Å². The van der Waals surface area contributed by atoms with E-state index in [0.29, 0.717) is 17.7 Å². The molecule has 2 aromatic rings. The summed E-state index contributed by atoms with van der Waals surface area (Å²) in [6.07, 6.45) is 0. The Morgan fingerprint density at radius 2 is 2.11 bits per heavy atom. The van der Waals surface area contributed by atoms with Crippen molar-refractivity contribution in [1.82, 2.24) is 10.2 Å². The summed E-state index contributed by atoms with van der Waals surface area (Å²) in [5.74, 6) is 1.38. The van der Waals surface area contributed by atoms with E-state index in [1.165, 1.54) is 22.5 Å². The van der Waals surface area contributed by atoms with Gasteiger partial charge in [0.05, 0.1) is 0 Å². The minimum absolute atomic E-state index is 0.412. The van der Waals surface area contributed by atoms with Crippen LogP contribution in [0.3, 0.4) is 0 Å². The molecule has 96 valence electrons. The highest BCUT2D eigenvalue weighted by Gasteiger charge is 2.06. The van der Waals surface area contributed by atoms with Crippen LogP contribution in [0.5, 0.6) is 5.75 Å². The molecule has 0 bridgehead atoms. The van der Waals surface area contributed by atoms with Crippen molar-refractivity contribution in [2.24, 2.45) is 0 Å². The Kier molecular flexibility index (Phi) is 3.81. The first-order valence-corrected chi connectivity index (χ1v) is 6.69. The molecule has 2 rings (SSSR count). The van der Waals surface area contributed by atoms with E-state index in [-0.39, 0.29) is 0 Å². The molecule has 1 aromatic heterocycles. The maximum atomic E-state index is 5.67. The second-order valence-electron chi connectivity index (χ2n) is 4.50. The summed E-state index contributed by atoms with van der Waals surface area (Å²) in [4.78, 5) is 0. The van der Waals surface area contributed by atoms with Gasteiger partial charge in [-0.1, -0.05) is 31.3 Å². The largest absolute Gasteiger partial charge is 0.486 e. The van der Waals surface area contributed by atoms with E-state index < -0.39 is 0 Å². The van der Waals surface area contributed by atoms with Crippen molar-refractivity contribution in [2.75, 3.05) is 5.73 Å². The number of benzene rings is 1. The molecule has 0 amide bonds. The fourth-order valence-corrected chi connectivity index (χ4v) is 2.38. The van der Waals surface area contributed by atoms with Gasteiger partial charge in [-0.05, 0) is 36.1 Å². The monoisotopic (exact) mass is 263 g/mol. The van der Waals surface area contributed by atoms with Crippen LogP contribution in [0.25, 0.3) is 0 Å². The summed E-state index contributed by atoms with van der Waals surface area (Å²) < 4.78 is 5.67. The van der Waals surface area contributed by atoms with E-state index in [2.05, 4.69) is 43.1 Å². The molecule has 0 fully saturated rings. The van der Waals surface area contributed by atoms with E-state index in [4.69, 9.17) is 10.5 Å². The van der Waals surface area contributed by atoms with Gasteiger partial charge in [0.1, 0.15) is 12.4 Å². The number of nitrogens with two attached hydrogens (primary N) is 1. The first-order valence-electron chi connectivity index (χ1n) is 5.87. The number of nitrogen functional groups attached to an aromatic ring is 1. The van der Waals surface area contributed by atoms with Gasteiger partial charge in [0, 0.05) is 0 Å². The molecule has 0 aliphatic rings. The van der Waals surface area contributed by atoms with Crippen LogP contribution in [-0.2, 0) is 6.61 Å². The molecule has 2 N–H and O–H groups in total. The van der Waals surface area contributed by atoms with Crippen molar-refractivity contribution in [3.05, 3.63) is 34.3 Å². The molecule has 1 aromatic carbocycles. The molecule has 5 heteroatoms. The molecular formula is C13H17N3OS. The third-order valence-corrected chi connectivity index (χ3v) is 3.43. The Morgan fingerprint density at radius 1 is 1.33 bits per heavy atom. The topological polar surface area (TPSA) is 61.0 Å². The Labute approximate surface area is 111 Å². The van der Waals surface area contributed by atoms with E-state index >= 15 is 0 Å². The smallest absolute Gasteiger partial charge is 0.203 e. The van der Waals surface area contributed by atoms with Crippen LogP contribution in [0.15, 0.2) is 18.2 Å². The van der Waals surface area contributed by atoms with Crippen molar-refractivity contribution in [1.29, 1.82) is 0 Å². The fraction of sp³-hybridized carbons (Fsp3) is 0.385. The van der Waals surface area contributed by atoms with Gasteiger partial charge in [-0.25, -0.2) is 0 Å². The number of aryl methyl sites for hydroxylation is 1. The van der Waals surface area contributed by atoms with Gasteiger partial charge in [0.25, 0.3) is 0 Å².